The molecule has 0 saturated heterocycles. The van der Waals surface area contributed by atoms with Crippen LogP contribution in [-0.2, 0) is 11.5 Å². The van der Waals surface area contributed by atoms with E-state index in [0.29, 0.717) is 21.3 Å². The van der Waals surface area contributed by atoms with Gasteiger partial charge in [-0.3, -0.25) is 4.79 Å². The number of esters is 1. The molecule has 0 bridgehead atoms. The van der Waals surface area contributed by atoms with Crippen molar-refractivity contribution in [2.45, 2.75) is 27.5 Å². The average molecular weight is 513 g/mol. The topological polar surface area (TPSA) is 82.5 Å². The van der Waals surface area contributed by atoms with Crippen molar-refractivity contribution in [3.63, 3.8) is 0 Å². The molecule has 0 aliphatic heterocycles. The van der Waals surface area contributed by atoms with Gasteiger partial charge >= 0.3 is 5.97 Å². The van der Waals surface area contributed by atoms with Crippen LogP contribution < -0.4 is 10.1 Å². The van der Waals surface area contributed by atoms with Gasteiger partial charge in [0.25, 0.3) is 5.91 Å². The highest BCUT2D eigenvalue weighted by Crippen LogP contribution is 2.33. The lowest BCUT2D eigenvalue weighted by Crippen LogP contribution is -2.16. The summed E-state index contributed by atoms with van der Waals surface area (Å²) >= 11 is 10.8. The molecule has 1 amide bonds. The van der Waals surface area contributed by atoms with E-state index in [1.807, 2.05) is 19.9 Å². The van der Waals surface area contributed by atoms with E-state index < -0.39 is 11.9 Å². The van der Waals surface area contributed by atoms with Crippen LogP contribution in [0.1, 0.15) is 38.2 Å². The summed E-state index contributed by atoms with van der Waals surface area (Å²) in [7, 11) is 0. The molecule has 0 aliphatic rings. The number of hydrogen-bond acceptors (Lipinski definition) is 6. The molecule has 0 atom stereocenters. The van der Waals surface area contributed by atoms with E-state index >= 15 is 0 Å². The third-order valence-electron chi connectivity index (χ3n) is 4.21. The van der Waals surface area contributed by atoms with Crippen LogP contribution in [0.15, 0.2) is 34.9 Å². The molecule has 0 aliphatic carbocycles. The van der Waals surface area contributed by atoms with Crippen molar-refractivity contribution in [3.8, 4) is 5.75 Å². The second-order valence-corrected chi connectivity index (χ2v) is 8.80. The predicted molar refractivity (Wildman–Crippen MR) is 120 cm³/mol. The summed E-state index contributed by atoms with van der Waals surface area (Å²) in [6.07, 6.45) is 1.62. The van der Waals surface area contributed by atoms with Gasteiger partial charge in [-0.05, 0) is 50.6 Å². The predicted octanol–water partition coefficient (Wildman–Crippen LogP) is 5.44. The van der Waals surface area contributed by atoms with Gasteiger partial charge in [-0.25, -0.2) is 9.48 Å². The summed E-state index contributed by atoms with van der Waals surface area (Å²) in [6.45, 7) is 5.79. The first-order chi connectivity index (χ1) is 14.3. The molecular weight excluding hydrogens is 494 g/mol. The lowest BCUT2D eigenvalue weighted by molar-refractivity contribution is 0.0527. The Morgan fingerprint density at radius 3 is 2.77 bits per heavy atom. The number of anilines is 1. The molecule has 0 radical (unpaired) electrons. The standard InChI is InChI=1S/C20H19BrClN3O4S/c1-4-28-20(27)17-11(2)12(3)30-19(17)23-18(26)15-7-8-25(24-15)10-29-16-6-5-13(21)9-14(16)22/h5-9H,4,10H2,1-3H3,(H,23,26). The first-order valence-electron chi connectivity index (χ1n) is 9.00. The van der Waals surface area contributed by atoms with Crippen molar-refractivity contribution in [2.75, 3.05) is 11.9 Å². The zero-order chi connectivity index (χ0) is 21.8. The number of thiophene rings is 1. The second-order valence-electron chi connectivity index (χ2n) is 6.25. The number of carbonyl (C=O) groups is 2. The van der Waals surface area contributed by atoms with E-state index in [2.05, 4.69) is 26.3 Å². The molecule has 30 heavy (non-hydrogen) atoms. The fourth-order valence-corrected chi connectivity index (χ4v) is 4.39. The third-order valence-corrected chi connectivity index (χ3v) is 6.12. The van der Waals surface area contributed by atoms with Crippen LogP contribution >= 0.6 is 38.9 Å². The molecule has 1 N–H and O–H groups in total. The van der Waals surface area contributed by atoms with Gasteiger partial charge in [0.05, 0.1) is 17.2 Å². The number of hydrogen-bond donors (Lipinski definition) is 1. The number of nitrogens with one attached hydrogen (secondary N) is 1. The van der Waals surface area contributed by atoms with Crippen molar-refractivity contribution in [1.82, 2.24) is 9.78 Å². The fraction of sp³-hybridized carbons (Fsp3) is 0.250. The summed E-state index contributed by atoms with van der Waals surface area (Å²) in [6, 6.07) is 6.85. The minimum absolute atomic E-state index is 0.0833. The number of aromatic nitrogens is 2. The van der Waals surface area contributed by atoms with Crippen LogP contribution in [0.2, 0.25) is 5.02 Å². The molecule has 1 aromatic carbocycles. The molecule has 0 fully saturated rings. The van der Waals surface area contributed by atoms with E-state index in [9.17, 15) is 9.59 Å². The number of amides is 1. The smallest absolute Gasteiger partial charge is 0.341 e. The zero-order valence-corrected chi connectivity index (χ0v) is 19.7. The maximum atomic E-state index is 12.6. The Kier molecular flexibility index (Phi) is 7.17. The second kappa shape index (κ2) is 9.63. The third kappa shape index (κ3) is 5.03. The first-order valence-corrected chi connectivity index (χ1v) is 11.0. The van der Waals surface area contributed by atoms with Gasteiger partial charge < -0.3 is 14.8 Å². The lowest BCUT2D eigenvalue weighted by atomic mass is 10.1. The van der Waals surface area contributed by atoms with Crippen LogP contribution in [0.3, 0.4) is 0 Å². The Morgan fingerprint density at radius 1 is 1.30 bits per heavy atom. The van der Waals surface area contributed by atoms with Crippen LogP contribution in [-0.4, -0.2) is 28.3 Å². The van der Waals surface area contributed by atoms with Crippen LogP contribution in [0.5, 0.6) is 5.75 Å². The van der Waals surface area contributed by atoms with Crippen molar-refractivity contribution >= 4 is 55.7 Å². The Hall–Kier alpha value is -2.36. The molecule has 158 valence electrons. The molecular formula is C20H19BrClN3O4S. The molecule has 7 nitrogen and oxygen atoms in total. The van der Waals surface area contributed by atoms with E-state index in [0.717, 1.165) is 14.9 Å². The summed E-state index contributed by atoms with van der Waals surface area (Å²) in [5, 5.41) is 7.90. The number of rotatable bonds is 7. The Bertz CT molecular complexity index is 1100. The summed E-state index contributed by atoms with van der Waals surface area (Å²) in [5.41, 5.74) is 1.36. The number of benzene rings is 1. The number of ether oxygens (including phenoxy) is 2. The highest BCUT2D eigenvalue weighted by molar-refractivity contribution is 9.10. The van der Waals surface area contributed by atoms with Crippen LogP contribution in [0.25, 0.3) is 0 Å². The van der Waals surface area contributed by atoms with Gasteiger partial charge in [-0.15, -0.1) is 11.3 Å². The first kappa shape index (κ1) is 22.3. The maximum absolute atomic E-state index is 12.6. The minimum atomic E-state index is -0.458. The molecule has 0 unspecified atom stereocenters. The van der Waals surface area contributed by atoms with E-state index in [-0.39, 0.29) is 19.0 Å². The van der Waals surface area contributed by atoms with E-state index in [1.165, 1.54) is 16.0 Å². The van der Waals surface area contributed by atoms with Crippen LogP contribution in [0.4, 0.5) is 5.00 Å². The molecule has 10 heteroatoms. The number of halogens is 2. The van der Waals surface area contributed by atoms with Gasteiger partial charge in [0.1, 0.15) is 10.8 Å². The molecule has 0 saturated carbocycles. The SMILES string of the molecule is CCOC(=O)c1c(NC(=O)c2ccn(COc3ccc(Br)cc3Cl)n2)sc(C)c1C. The molecule has 3 rings (SSSR count). The minimum Gasteiger partial charge on any atom is -0.470 e. The van der Waals surface area contributed by atoms with Gasteiger partial charge in [0, 0.05) is 15.5 Å². The molecule has 3 aromatic rings. The monoisotopic (exact) mass is 511 g/mol. The highest BCUT2D eigenvalue weighted by atomic mass is 79.9. The Labute approximate surface area is 191 Å². The lowest BCUT2D eigenvalue weighted by Gasteiger charge is -2.08. The van der Waals surface area contributed by atoms with Crippen molar-refractivity contribution in [2.24, 2.45) is 0 Å². The average Bonchev–Trinajstić information content (AvgIpc) is 3.26. The summed E-state index contributed by atoms with van der Waals surface area (Å²) in [4.78, 5) is 25.8. The van der Waals surface area contributed by atoms with Crippen LogP contribution in [0, 0.1) is 13.8 Å². The highest BCUT2D eigenvalue weighted by Gasteiger charge is 2.23. The largest absolute Gasteiger partial charge is 0.470 e. The van der Waals surface area contributed by atoms with Crippen molar-refractivity contribution < 1.29 is 19.1 Å². The quantitative estimate of drug-likeness (QED) is 0.426. The molecule has 2 heterocycles. The summed E-state index contributed by atoms with van der Waals surface area (Å²) < 4.78 is 13.1. The zero-order valence-electron chi connectivity index (χ0n) is 16.5. The van der Waals surface area contributed by atoms with Crippen molar-refractivity contribution in [3.05, 3.63) is 61.7 Å². The Balaban J connectivity index is 1.70. The molecule has 0 spiro atoms. The van der Waals surface area contributed by atoms with Crippen molar-refractivity contribution in [1.29, 1.82) is 0 Å². The maximum Gasteiger partial charge on any atom is 0.341 e. The number of nitrogens with zero attached hydrogens (tertiary/aromatic N) is 2. The van der Waals surface area contributed by atoms with Gasteiger partial charge in [0.15, 0.2) is 12.4 Å². The summed E-state index contributed by atoms with van der Waals surface area (Å²) in [5.74, 6) is -0.382. The molecule has 2 aromatic heterocycles. The van der Waals surface area contributed by atoms with Gasteiger partial charge in [-0.1, -0.05) is 27.5 Å². The number of carbonyl (C=O) groups excluding carboxylic acids is 2. The Morgan fingerprint density at radius 2 is 2.07 bits per heavy atom. The van der Waals surface area contributed by atoms with E-state index in [1.54, 1.807) is 31.3 Å². The van der Waals surface area contributed by atoms with Gasteiger partial charge in [0.2, 0.25) is 0 Å². The van der Waals surface area contributed by atoms with Gasteiger partial charge in [-0.2, -0.15) is 5.10 Å². The fourth-order valence-electron chi connectivity index (χ4n) is 2.61. The number of aryl methyl sites for hydroxylation is 1. The van der Waals surface area contributed by atoms with E-state index in [4.69, 9.17) is 21.1 Å². The normalized spacial score (nSPS) is 10.7.